The van der Waals surface area contributed by atoms with E-state index in [1.807, 2.05) is 0 Å². The summed E-state index contributed by atoms with van der Waals surface area (Å²) in [5.74, 6) is 0.413. The predicted molar refractivity (Wildman–Crippen MR) is 77.3 cm³/mol. The van der Waals surface area contributed by atoms with Crippen LogP contribution in [0, 0.1) is 16.0 Å². The molecule has 2 fully saturated rings. The Hall–Kier alpha value is -1.89. The van der Waals surface area contributed by atoms with Crippen LogP contribution in [0.15, 0.2) is 12.3 Å². The van der Waals surface area contributed by atoms with Gasteiger partial charge in [0.1, 0.15) is 5.69 Å². The monoisotopic (exact) mass is 292 g/mol. The van der Waals surface area contributed by atoms with Crippen molar-refractivity contribution in [1.29, 1.82) is 0 Å². The van der Waals surface area contributed by atoms with Crippen LogP contribution < -0.4 is 10.6 Å². The summed E-state index contributed by atoms with van der Waals surface area (Å²) in [5, 5.41) is 17.1. The van der Waals surface area contributed by atoms with E-state index in [-0.39, 0.29) is 17.6 Å². The van der Waals surface area contributed by atoms with Crippen LogP contribution in [-0.2, 0) is 0 Å². The topological polar surface area (TPSA) is 89.2 Å². The molecule has 1 unspecified atom stereocenters. The van der Waals surface area contributed by atoms with Crippen molar-refractivity contribution in [2.75, 3.05) is 19.6 Å². The molecule has 1 aromatic heterocycles. The van der Waals surface area contributed by atoms with Crippen molar-refractivity contribution >= 4 is 11.6 Å². The summed E-state index contributed by atoms with van der Waals surface area (Å²) >= 11 is 0. The van der Waals surface area contributed by atoms with E-state index in [9.17, 15) is 14.9 Å². The van der Waals surface area contributed by atoms with Gasteiger partial charge in [0.2, 0.25) is 0 Å². The molecular formula is C14H20N4O3. The van der Waals surface area contributed by atoms with Gasteiger partial charge in [-0.1, -0.05) is 0 Å². The van der Waals surface area contributed by atoms with Crippen molar-refractivity contribution in [2.45, 2.75) is 31.7 Å². The second-order valence-corrected chi connectivity index (χ2v) is 5.88. The largest absolute Gasteiger partial charge is 0.351 e. The Kier molecular flexibility index (Phi) is 3.92. The smallest absolute Gasteiger partial charge is 0.287 e. The molecule has 1 aliphatic carbocycles. The molecule has 1 atom stereocenters. The van der Waals surface area contributed by atoms with Crippen molar-refractivity contribution in [3.63, 3.8) is 0 Å². The number of nitrogens with zero attached hydrogens (tertiary/aromatic N) is 2. The van der Waals surface area contributed by atoms with E-state index >= 15 is 0 Å². The highest BCUT2D eigenvalue weighted by molar-refractivity contribution is 5.93. The van der Waals surface area contributed by atoms with Gasteiger partial charge in [-0.05, 0) is 44.7 Å². The molecule has 0 bridgehead atoms. The molecule has 7 heteroatoms. The van der Waals surface area contributed by atoms with Crippen molar-refractivity contribution in [3.05, 3.63) is 28.1 Å². The van der Waals surface area contributed by atoms with E-state index in [1.165, 1.54) is 12.3 Å². The minimum Gasteiger partial charge on any atom is -0.351 e. The molecule has 0 radical (unpaired) electrons. The fourth-order valence-electron chi connectivity index (χ4n) is 2.84. The second-order valence-electron chi connectivity index (χ2n) is 5.88. The van der Waals surface area contributed by atoms with Crippen molar-refractivity contribution in [3.8, 4) is 0 Å². The standard InChI is InChI=1S/C14H20N4O3/c19-14(16-6-4-10-3-5-15-8-10)13-7-12(18(20)21)9-17(13)11-1-2-11/h7,9-11,15H,1-6,8H2,(H,16,19). The highest BCUT2D eigenvalue weighted by Crippen LogP contribution is 2.37. The average molecular weight is 292 g/mol. The highest BCUT2D eigenvalue weighted by Gasteiger charge is 2.30. The van der Waals surface area contributed by atoms with E-state index in [0.717, 1.165) is 38.8 Å². The predicted octanol–water partition coefficient (Wildman–Crippen LogP) is 1.46. The van der Waals surface area contributed by atoms with E-state index in [4.69, 9.17) is 0 Å². The third-order valence-electron chi connectivity index (χ3n) is 4.22. The van der Waals surface area contributed by atoms with E-state index < -0.39 is 4.92 Å². The number of hydrogen-bond acceptors (Lipinski definition) is 4. The number of nitrogens with one attached hydrogen (secondary N) is 2. The van der Waals surface area contributed by atoms with Gasteiger partial charge in [0.15, 0.2) is 0 Å². The zero-order chi connectivity index (χ0) is 14.8. The van der Waals surface area contributed by atoms with Crippen LogP contribution in [0.3, 0.4) is 0 Å². The number of nitro groups is 1. The van der Waals surface area contributed by atoms with E-state index in [2.05, 4.69) is 10.6 Å². The summed E-state index contributed by atoms with van der Waals surface area (Å²) in [6.45, 7) is 2.68. The van der Waals surface area contributed by atoms with Gasteiger partial charge in [-0.2, -0.15) is 0 Å². The Morgan fingerprint density at radius 1 is 1.48 bits per heavy atom. The fourth-order valence-corrected chi connectivity index (χ4v) is 2.84. The number of carbonyl (C=O) groups is 1. The normalized spacial score (nSPS) is 21.4. The molecular weight excluding hydrogens is 272 g/mol. The number of carbonyl (C=O) groups excluding carboxylic acids is 1. The fraction of sp³-hybridized carbons (Fsp3) is 0.643. The molecule has 2 N–H and O–H groups in total. The summed E-state index contributed by atoms with van der Waals surface area (Å²) in [4.78, 5) is 22.7. The number of hydrogen-bond donors (Lipinski definition) is 2. The molecule has 2 aliphatic rings. The minimum absolute atomic E-state index is 0.00737. The van der Waals surface area contributed by atoms with Gasteiger partial charge in [0, 0.05) is 18.7 Å². The third kappa shape index (κ3) is 3.24. The number of aromatic nitrogens is 1. The number of amides is 1. The molecule has 1 aromatic rings. The second kappa shape index (κ2) is 5.85. The van der Waals surface area contributed by atoms with Gasteiger partial charge >= 0.3 is 0 Å². The SMILES string of the molecule is O=C(NCCC1CCNC1)c1cc([N+](=O)[O-])cn1C1CC1. The maximum absolute atomic E-state index is 12.2. The summed E-state index contributed by atoms with van der Waals surface area (Å²) in [7, 11) is 0. The molecule has 2 heterocycles. The van der Waals surface area contributed by atoms with Gasteiger partial charge in [-0.3, -0.25) is 14.9 Å². The van der Waals surface area contributed by atoms with Crippen LogP contribution in [-0.4, -0.2) is 35.0 Å². The van der Waals surface area contributed by atoms with Gasteiger partial charge in [0.05, 0.1) is 11.1 Å². The summed E-state index contributed by atoms with van der Waals surface area (Å²) in [6.07, 6.45) is 5.55. The lowest BCUT2D eigenvalue weighted by Crippen LogP contribution is -2.28. The first-order valence-corrected chi connectivity index (χ1v) is 7.50. The van der Waals surface area contributed by atoms with Crippen molar-refractivity contribution in [1.82, 2.24) is 15.2 Å². The molecule has 114 valence electrons. The molecule has 0 aromatic carbocycles. The van der Waals surface area contributed by atoms with Crippen molar-refractivity contribution < 1.29 is 9.72 Å². The van der Waals surface area contributed by atoms with Crippen LogP contribution in [0.4, 0.5) is 5.69 Å². The molecule has 1 saturated heterocycles. The third-order valence-corrected chi connectivity index (χ3v) is 4.22. The first-order valence-electron chi connectivity index (χ1n) is 7.50. The van der Waals surface area contributed by atoms with Crippen LogP contribution in [0.1, 0.15) is 42.2 Å². The van der Waals surface area contributed by atoms with Crippen LogP contribution in [0.2, 0.25) is 0 Å². The Balaban J connectivity index is 1.61. The Morgan fingerprint density at radius 3 is 2.90 bits per heavy atom. The lowest BCUT2D eigenvalue weighted by Gasteiger charge is -2.10. The van der Waals surface area contributed by atoms with Gasteiger partial charge in [-0.25, -0.2) is 0 Å². The van der Waals surface area contributed by atoms with Crippen LogP contribution in [0.5, 0.6) is 0 Å². The average Bonchev–Trinajstić information content (AvgIpc) is 3.00. The van der Waals surface area contributed by atoms with Gasteiger partial charge < -0.3 is 15.2 Å². The zero-order valence-electron chi connectivity index (χ0n) is 11.9. The lowest BCUT2D eigenvalue weighted by molar-refractivity contribution is -0.384. The first-order chi connectivity index (χ1) is 10.1. The first kappa shape index (κ1) is 14.1. The molecule has 0 spiro atoms. The molecule has 21 heavy (non-hydrogen) atoms. The van der Waals surface area contributed by atoms with Gasteiger partial charge in [-0.15, -0.1) is 0 Å². The Bertz CT molecular complexity index is 544. The van der Waals surface area contributed by atoms with E-state index in [0.29, 0.717) is 18.2 Å². The van der Waals surface area contributed by atoms with Crippen LogP contribution in [0.25, 0.3) is 0 Å². The maximum atomic E-state index is 12.2. The molecule has 1 saturated carbocycles. The Morgan fingerprint density at radius 2 is 2.29 bits per heavy atom. The molecule has 3 rings (SSSR count). The van der Waals surface area contributed by atoms with E-state index in [1.54, 1.807) is 4.57 Å². The van der Waals surface area contributed by atoms with Crippen LogP contribution >= 0.6 is 0 Å². The summed E-state index contributed by atoms with van der Waals surface area (Å²) in [6, 6.07) is 1.63. The quantitative estimate of drug-likeness (QED) is 0.613. The van der Waals surface area contributed by atoms with Gasteiger partial charge in [0.25, 0.3) is 11.6 Å². The lowest BCUT2D eigenvalue weighted by atomic mass is 10.1. The maximum Gasteiger partial charge on any atom is 0.287 e. The Labute approximate surface area is 122 Å². The number of rotatable bonds is 6. The summed E-state index contributed by atoms with van der Waals surface area (Å²) < 4.78 is 1.75. The minimum atomic E-state index is -0.445. The van der Waals surface area contributed by atoms with Crippen molar-refractivity contribution in [2.24, 2.45) is 5.92 Å². The zero-order valence-corrected chi connectivity index (χ0v) is 11.9. The molecule has 1 amide bonds. The summed E-state index contributed by atoms with van der Waals surface area (Å²) in [5.41, 5.74) is 0.404. The molecule has 1 aliphatic heterocycles. The molecule has 7 nitrogen and oxygen atoms in total. The highest BCUT2D eigenvalue weighted by atomic mass is 16.6.